The van der Waals surface area contributed by atoms with Gasteiger partial charge >= 0.3 is 0 Å². The molecule has 0 fully saturated rings. The van der Waals surface area contributed by atoms with E-state index >= 15 is 0 Å². The second-order valence-corrected chi connectivity index (χ2v) is 9.08. The molecule has 3 aromatic rings. The highest BCUT2D eigenvalue weighted by molar-refractivity contribution is 7.91. The number of sulfone groups is 1. The van der Waals surface area contributed by atoms with Crippen molar-refractivity contribution < 1.29 is 22.7 Å². The summed E-state index contributed by atoms with van der Waals surface area (Å²) in [6.45, 7) is 0.452. The number of carbonyl (C=O) groups excluding carboxylic acids is 2. The first-order valence-corrected chi connectivity index (χ1v) is 11.5. The monoisotopic (exact) mass is 456 g/mol. The van der Waals surface area contributed by atoms with Crippen molar-refractivity contribution in [3.05, 3.63) is 78.1 Å². The number of methoxy groups -OCH3 is 1. The summed E-state index contributed by atoms with van der Waals surface area (Å²) in [7, 11) is -2.01. The molecular weight excluding hydrogens is 432 g/mol. The molecule has 9 nitrogen and oxygen atoms in total. The molecule has 0 saturated carbocycles. The Labute approximate surface area is 186 Å². The van der Waals surface area contributed by atoms with Gasteiger partial charge < -0.3 is 15.4 Å². The third-order valence-electron chi connectivity index (χ3n) is 4.56. The van der Waals surface area contributed by atoms with E-state index in [1.54, 1.807) is 36.7 Å². The van der Waals surface area contributed by atoms with Crippen molar-refractivity contribution in [3.63, 3.8) is 0 Å². The summed E-state index contributed by atoms with van der Waals surface area (Å²) in [4.78, 5) is 24.7. The van der Waals surface area contributed by atoms with Gasteiger partial charge in [-0.2, -0.15) is 5.10 Å². The van der Waals surface area contributed by atoms with Crippen molar-refractivity contribution in [1.82, 2.24) is 15.1 Å². The highest BCUT2D eigenvalue weighted by Crippen LogP contribution is 2.14. The Bertz CT molecular complexity index is 1160. The van der Waals surface area contributed by atoms with Crippen LogP contribution in [0.15, 0.2) is 71.9 Å². The summed E-state index contributed by atoms with van der Waals surface area (Å²) < 4.78 is 30.7. The number of hydrogen-bond donors (Lipinski definition) is 2. The lowest BCUT2D eigenvalue weighted by atomic mass is 10.1. The lowest BCUT2D eigenvalue weighted by Gasteiger charge is -2.09. The third-order valence-corrected chi connectivity index (χ3v) is 6.25. The van der Waals surface area contributed by atoms with Crippen LogP contribution in [-0.2, 0) is 32.5 Å². The van der Waals surface area contributed by atoms with Gasteiger partial charge in [-0.3, -0.25) is 14.3 Å². The molecule has 0 saturated heterocycles. The van der Waals surface area contributed by atoms with Crippen LogP contribution in [0.4, 0.5) is 5.69 Å². The molecule has 0 aliphatic carbocycles. The number of ether oxygens (including phenoxy) is 1. The van der Waals surface area contributed by atoms with Crippen molar-refractivity contribution >= 4 is 27.3 Å². The highest BCUT2D eigenvalue weighted by atomic mass is 32.2. The van der Waals surface area contributed by atoms with E-state index in [0.29, 0.717) is 11.3 Å². The van der Waals surface area contributed by atoms with Gasteiger partial charge in [0.05, 0.1) is 17.3 Å². The van der Waals surface area contributed by atoms with Crippen LogP contribution in [0.25, 0.3) is 0 Å². The molecule has 0 unspecified atom stereocenters. The van der Waals surface area contributed by atoms with E-state index in [-0.39, 0.29) is 42.2 Å². The second-order valence-electron chi connectivity index (χ2n) is 6.97. The number of amides is 2. The molecule has 0 spiro atoms. The molecule has 2 amide bonds. The van der Waals surface area contributed by atoms with E-state index in [2.05, 4.69) is 15.7 Å². The van der Waals surface area contributed by atoms with E-state index < -0.39 is 9.84 Å². The first-order valence-electron chi connectivity index (χ1n) is 9.83. The van der Waals surface area contributed by atoms with Crippen LogP contribution in [0.1, 0.15) is 15.9 Å². The zero-order valence-corrected chi connectivity index (χ0v) is 18.3. The van der Waals surface area contributed by atoms with Crippen LogP contribution in [0.5, 0.6) is 0 Å². The standard InChI is InChI=1S/C22H24N4O5S/c1-31-12-13-32(29,30)20-8-6-18(7-9-20)22(28)23-15-17-4-2-5-19(14-17)25-21(27)16-26-11-3-10-24-26/h2-11,14H,12-13,15-16H2,1H3,(H,23,28)(H,25,27). The summed E-state index contributed by atoms with van der Waals surface area (Å²) in [5, 5.41) is 9.58. The first-order chi connectivity index (χ1) is 15.4. The molecule has 168 valence electrons. The number of anilines is 1. The lowest BCUT2D eigenvalue weighted by Crippen LogP contribution is -2.23. The van der Waals surface area contributed by atoms with Gasteiger partial charge in [0.1, 0.15) is 6.54 Å². The largest absolute Gasteiger partial charge is 0.384 e. The summed E-state index contributed by atoms with van der Waals surface area (Å²) in [5.41, 5.74) is 1.76. The highest BCUT2D eigenvalue weighted by Gasteiger charge is 2.15. The fourth-order valence-electron chi connectivity index (χ4n) is 2.91. The van der Waals surface area contributed by atoms with E-state index in [9.17, 15) is 18.0 Å². The van der Waals surface area contributed by atoms with Crippen molar-refractivity contribution in [3.8, 4) is 0 Å². The molecule has 2 N–H and O–H groups in total. The van der Waals surface area contributed by atoms with Gasteiger partial charge in [0.25, 0.3) is 5.91 Å². The average Bonchev–Trinajstić information content (AvgIpc) is 3.29. The molecule has 0 radical (unpaired) electrons. The van der Waals surface area contributed by atoms with Crippen molar-refractivity contribution in [2.75, 3.05) is 24.8 Å². The fourth-order valence-corrected chi connectivity index (χ4v) is 4.08. The number of carbonyl (C=O) groups is 2. The van der Waals surface area contributed by atoms with E-state index in [1.165, 1.54) is 36.1 Å². The maximum absolute atomic E-state index is 12.4. The topological polar surface area (TPSA) is 119 Å². The molecule has 0 atom stereocenters. The number of hydrogen-bond acceptors (Lipinski definition) is 6. The van der Waals surface area contributed by atoms with Crippen LogP contribution < -0.4 is 10.6 Å². The molecule has 32 heavy (non-hydrogen) atoms. The maximum Gasteiger partial charge on any atom is 0.251 e. The minimum atomic E-state index is -3.45. The predicted molar refractivity (Wildman–Crippen MR) is 119 cm³/mol. The average molecular weight is 457 g/mol. The molecule has 0 bridgehead atoms. The molecule has 10 heteroatoms. The predicted octanol–water partition coefficient (Wildman–Crippen LogP) is 1.87. The van der Waals surface area contributed by atoms with Crippen LogP contribution in [0, 0.1) is 0 Å². The third kappa shape index (κ3) is 6.50. The SMILES string of the molecule is COCCS(=O)(=O)c1ccc(C(=O)NCc2cccc(NC(=O)Cn3cccn3)c2)cc1. The Balaban J connectivity index is 1.55. The van der Waals surface area contributed by atoms with Crippen molar-refractivity contribution in [1.29, 1.82) is 0 Å². The van der Waals surface area contributed by atoms with Gasteiger partial charge in [0.15, 0.2) is 9.84 Å². The van der Waals surface area contributed by atoms with E-state index in [4.69, 9.17) is 4.74 Å². The molecular formula is C22H24N4O5S. The number of nitrogens with zero attached hydrogens (tertiary/aromatic N) is 2. The lowest BCUT2D eigenvalue weighted by molar-refractivity contribution is -0.116. The zero-order chi connectivity index (χ0) is 23.0. The Morgan fingerprint density at radius 3 is 2.56 bits per heavy atom. The molecule has 1 aromatic heterocycles. The van der Waals surface area contributed by atoms with Crippen LogP contribution >= 0.6 is 0 Å². The Hall–Kier alpha value is -3.50. The van der Waals surface area contributed by atoms with Gasteiger partial charge in [-0.25, -0.2) is 8.42 Å². The Morgan fingerprint density at radius 2 is 1.88 bits per heavy atom. The summed E-state index contributed by atoms with van der Waals surface area (Å²) in [5.74, 6) is -0.668. The smallest absolute Gasteiger partial charge is 0.251 e. The molecule has 0 aliphatic heterocycles. The van der Waals surface area contributed by atoms with Crippen LogP contribution in [0.3, 0.4) is 0 Å². The zero-order valence-electron chi connectivity index (χ0n) is 17.5. The quantitative estimate of drug-likeness (QED) is 0.481. The molecule has 2 aromatic carbocycles. The summed E-state index contributed by atoms with van der Waals surface area (Å²) in [6.07, 6.45) is 3.30. The summed E-state index contributed by atoms with van der Waals surface area (Å²) >= 11 is 0. The maximum atomic E-state index is 12.4. The molecule has 3 rings (SSSR count). The number of nitrogens with one attached hydrogen (secondary N) is 2. The Morgan fingerprint density at radius 1 is 1.09 bits per heavy atom. The normalized spacial score (nSPS) is 11.2. The fraction of sp³-hybridized carbons (Fsp3) is 0.227. The minimum Gasteiger partial charge on any atom is -0.384 e. The molecule has 1 heterocycles. The van der Waals surface area contributed by atoms with Crippen molar-refractivity contribution in [2.24, 2.45) is 0 Å². The summed E-state index contributed by atoms with van der Waals surface area (Å²) in [6, 6.07) is 14.7. The number of aromatic nitrogens is 2. The Kier molecular flexibility index (Phi) is 7.74. The van der Waals surface area contributed by atoms with Gasteiger partial charge in [0.2, 0.25) is 5.91 Å². The minimum absolute atomic E-state index is 0.102. The van der Waals surface area contributed by atoms with Gasteiger partial charge in [-0.05, 0) is 48.0 Å². The van der Waals surface area contributed by atoms with Gasteiger partial charge in [-0.15, -0.1) is 0 Å². The van der Waals surface area contributed by atoms with Crippen molar-refractivity contribution in [2.45, 2.75) is 18.0 Å². The van der Waals surface area contributed by atoms with Gasteiger partial charge in [-0.1, -0.05) is 12.1 Å². The van der Waals surface area contributed by atoms with E-state index in [0.717, 1.165) is 5.56 Å². The number of rotatable bonds is 10. The number of benzene rings is 2. The second kappa shape index (κ2) is 10.7. The van der Waals surface area contributed by atoms with Gasteiger partial charge in [0, 0.05) is 37.3 Å². The van der Waals surface area contributed by atoms with Crippen LogP contribution in [0.2, 0.25) is 0 Å². The van der Waals surface area contributed by atoms with Crippen LogP contribution in [-0.4, -0.2) is 49.5 Å². The first kappa shape index (κ1) is 23.2. The van der Waals surface area contributed by atoms with E-state index in [1.807, 2.05) is 6.07 Å². The molecule has 0 aliphatic rings.